The van der Waals surface area contributed by atoms with Gasteiger partial charge < -0.3 is 24.6 Å². The molecule has 2 N–H and O–H groups in total. The fraction of sp³-hybridized carbons (Fsp3) is 0.500. The van der Waals surface area contributed by atoms with E-state index >= 15 is 0 Å². The minimum atomic E-state index is 0.627. The molecule has 0 amide bonds. The lowest BCUT2D eigenvalue weighted by molar-refractivity contribution is 0.310. The summed E-state index contributed by atoms with van der Waals surface area (Å²) >= 11 is 0. The number of hydrogen-bond donors (Lipinski definition) is 2. The summed E-state index contributed by atoms with van der Waals surface area (Å²) in [5.74, 6) is 3.35. The molecule has 0 unspecified atom stereocenters. The first kappa shape index (κ1) is 20.6. The average molecular weight is 374 g/mol. The molecule has 1 heterocycles. The molecule has 7 nitrogen and oxygen atoms in total. The maximum absolute atomic E-state index is 5.72. The first-order valence-electron chi connectivity index (χ1n) is 9.39. The van der Waals surface area contributed by atoms with Gasteiger partial charge in [0.25, 0.3) is 0 Å². The molecule has 2 rings (SSSR count). The van der Waals surface area contributed by atoms with E-state index in [2.05, 4.69) is 34.6 Å². The van der Waals surface area contributed by atoms with Gasteiger partial charge in [0.1, 0.15) is 17.3 Å². The molecule has 0 saturated carbocycles. The van der Waals surface area contributed by atoms with E-state index in [-0.39, 0.29) is 0 Å². The molecule has 7 heteroatoms. The number of aryl methyl sites for hydroxylation is 2. The molecule has 0 saturated heterocycles. The van der Waals surface area contributed by atoms with E-state index in [1.54, 1.807) is 14.2 Å². The third-order valence-electron chi connectivity index (χ3n) is 4.20. The lowest BCUT2D eigenvalue weighted by atomic mass is 10.1. The van der Waals surface area contributed by atoms with E-state index in [0.717, 1.165) is 60.3 Å². The molecule has 0 aliphatic heterocycles. The van der Waals surface area contributed by atoms with Crippen molar-refractivity contribution >= 4 is 5.96 Å². The third kappa shape index (κ3) is 6.20. The predicted octanol–water partition coefficient (Wildman–Crippen LogP) is 2.94. The number of benzene rings is 1. The molecule has 0 radical (unpaired) electrons. The van der Waals surface area contributed by atoms with Crippen molar-refractivity contribution in [3.8, 4) is 11.5 Å². The Balaban J connectivity index is 1.70. The van der Waals surface area contributed by atoms with Crippen molar-refractivity contribution in [3.63, 3.8) is 0 Å². The lowest BCUT2D eigenvalue weighted by Gasteiger charge is -2.12. The zero-order chi connectivity index (χ0) is 19.5. The van der Waals surface area contributed by atoms with Crippen molar-refractivity contribution in [1.82, 2.24) is 15.8 Å². The minimum absolute atomic E-state index is 0.627. The molecule has 0 spiro atoms. The highest BCUT2D eigenvalue weighted by Crippen LogP contribution is 2.17. The molecule has 0 aliphatic rings. The van der Waals surface area contributed by atoms with Gasteiger partial charge in [0.2, 0.25) is 0 Å². The Morgan fingerprint density at radius 3 is 2.48 bits per heavy atom. The maximum Gasteiger partial charge on any atom is 0.191 e. The Morgan fingerprint density at radius 2 is 1.85 bits per heavy atom. The van der Waals surface area contributed by atoms with Crippen LogP contribution in [0.1, 0.15) is 37.3 Å². The van der Waals surface area contributed by atoms with Gasteiger partial charge in [-0.25, -0.2) is 0 Å². The highest BCUT2D eigenvalue weighted by molar-refractivity contribution is 5.79. The van der Waals surface area contributed by atoms with Gasteiger partial charge in [-0.15, -0.1) is 0 Å². The molecule has 0 atom stereocenters. The van der Waals surface area contributed by atoms with Gasteiger partial charge in [-0.1, -0.05) is 19.0 Å². The Hall–Kier alpha value is -2.70. The van der Waals surface area contributed by atoms with Crippen molar-refractivity contribution in [2.24, 2.45) is 4.99 Å². The number of aliphatic imine (C=N–C) groups is 1. The molecule has 148 valence electrons. The van der Waals surface area contributed by atoms with Crippen LogP contribution in [0, 0.1) is 0 Å². The van der Waals surface area contributed by atoms with Crippen LogP contribution < -0.4 is 20.1 Å². The highest BCUT2D eigenvalue weighted by Gasteiger charge is 2.13. The summed E-state index contributed by atoms with van der Waals surface area (Å²) in [6.07, 6.45) is 2.55. The van der Waals surface area contributed by atoms with E-state index in [0.29, 0.717) is 13.2 Å². The van der Waals surface area contributed by atoms with Gasteiger partial charge in [0.05, 0.1) is 19.4 Å². The Morgan fingerprint density at radius 1 is 1.11 bits per heavy atom. The number of ether oxygens (including phenoxy) is 2. The van der Waals surface area contributed by atoms with Crippen LogP contribution in [-0.4, -0.2) is 38.4 Å². The van der Waals surface area contributed by atoms with Gasteiger partial charge >= 0.3 is 0 Å². The summed E-state index contributed by atoms with van der Waals surface area (Å²) in [7, 11) is 3.41. The Kier molecular flexibility index (Phi) is 8.48. The van der Waals surface area contributed by atoms with Crippen LogP contribution in [-0.2, 0) is 19.4 Å². The topological polar surface area (TPSA) is 80.9 Å². The summed E-state index contributed by atoms with van der Waals surface area (Å²) in [4.78, 5) is 4.26. The third-order valence-corrected chi connectivity index (χ3v) is 4.20. The standard InChI is InChI=1S/C20H30N4O3/c1-5-18-17(19(6-2)27-24-18)14-23-20(21-3)22-12-7-13-26-16-10-8-15(25-4)9-11-16/h8-11H,5-7,12-14H2,1-4H3,(H2,21,22,23). The molecular formula is C20H30N4O3. The summed E-state index contributed by atoms with van der Waals surface area (Å²) in [5.41, 5.74) is 2.13. The van der Waals surface area contributed by atoms with E-state index in [4.69, 9.17) is 14.0 Å². The van der Waals surface area contributed by atoms with Gasteiger partial charge in [-0.2, -0.15) is 0 Å². The first-order chi connectivity index (χ1) is 13.2. The molecule has 1 aromatic carbocycles. The van der Waals surface area contributed by atoms with E-state index in [9.17, 15) is 0 Å². The number of methoxy groups -OCH3 is 1. The second-order valence-electron chi connectivity index (χ2n) is 5.97. The Labute approximate surface area is 161 Å². The maximum atomic E-state index is 5.72. The lowest BCUT2D eigenvalue weighted by Crippen LogP contribution is -2.37. The van der Waals surface area contributed by atoms with Crippen LogP contribution in [0.5, 0.6) is 11.5 Å². The summed E-state index contributed by atoms with van der Waals surface area (Å²) < 4.78 is 16.3. The van der Waals surface area contributed by atoms with Crippen LogP contribution in [0.15, 0.2) is 33.8 Å². The number of rotatable bonds is 10. The normalized spacial score (nSPS) is 11.3. The minimum Gasteiger partial charge on any atom is -0.497 e. The van der Waals surface area contributed by atoms with Gasteiger partial charge in [-0.3, -0.25) is 4.99 Å². The molecule has 0 aliphatic carbocycles. The van der Waals surface area contributed by atoms with Crippen molar-refractivity contribution in [1.29, 1.82) is 0 Å². The molecular weight excluding hydrogens is 344 g/mol. The van der Waals surface area contributed by atoms with Crippen molar-refractivity contribution in [2.75, 3.05) is 27.3 Å². The zero-order valence-corrected chi connectivity index (χ0v) is 16.7. The second kappa shape index (κ2) is 11.1. The summed E-state index contributed by atoms with van der Waals surface area (Å²) in [6.45, 7) is 6.19. The number of guanidine groups is 1. The fourth-order valence-corrected chi connectivity index (χ4v) is 2.67. The molecule has 1 aromatic heterocycles. The van der Waals surface area contributed by atoms with Crippen molar-refractivity contribution in [2.45, 2.75) is 39.7 Å². The van der Waals surface area contributed by atoms with Gasteiger partial charge in [-0.05, 0) is 37.1 Å². The quantitative estimate of drug-likeness (QED) is 0.378. The van der Waals surface area contributed by atoms with Crippen LogP contribution >= 0.6 is 0 Å². The molecule has 27 heavy (non-hydrogen) atoms. The smallest absolute Gasteiger partial charge is 0.191 e. The largest absolute Gasteiger partial charge is 0.497 e. The molecule has 2 aromatic rings. The predicted molar refractivity (Wildman–Crippen MR) is 107 cm³/mol. The average Bonchev–Trinajstić information content (AvgIpc) is 3.12. The highest BCUT2D eigenvalue weighted by atomic mass is 16.5. The monoisotopic (exact) mass is 374 g/mol. The second-order valence-corrected chi connectivity index (χ2v) is 5.97. The van der Waals surface area contributed by atoms with Crippen molar-refractivity contribution < 1.29 is 14.0 Å². The number of nitrogens with zero attached hydrogens (tertiary/aromatic N) is 2. The van der Waals surface area contributed by atoms with Crippen molar-refractivity contribution in [3.05, 3.63) is 41.3 Å². The van der Waals surface area contributed by atoms with E-state index in [1.807, 2.05) is 24.3 Å². The zero-order valence-electron chi connectivity index (χ0n) is 16.7. The fourth-order valence-electron chi connectivity index (χ4n) is 2.67. The summed E-state index contributed by atoms with van der Waals surface area (Å²) in [5, 5.41) is 10.8. The van der Waals surface area contributed by atoms with Crippen LogP contribution in [0.2, 0.25) is 0 Å². The van der Waals surface area contributed by atoms with Crippen LogP contribution in [0.25, 0.3) is 0 Å². The number of aromatic nitrogens is 1. The van der Waals surface area contributed by atoms with Gasteiger partial charge in [0, 0.05) is 32.1 Å². The number of hydrogen-bond acceptors (Lipinski definition) is 5. The van der Waals surface area contributed by atoms with E-state index in [1.165, 1.54) is 0 Å². The van der Waals surface area contributed by atoms with E-state index < -0.39 is 0 Å². The number of nitrogens with one attached hydrogen (secondary N) is 2. The van der Waals surface area contributed by atoms with Gasteiger partial charge in [0.15, 0.2) is 5.96 Å². The Bertz CT molecular complexity index is 689. The van der Waals surface area contributed by atoms with Crippen LogP contribution in [0.4, 0.5) is 0 Å². The van der Waals surface area contributed by atoms with Crippen LogP contribution in [0.3, 0.4) is 0 Å². The molecule has 0 bridgehead atoms. The SMILES string of the molecule is CCc1noc(CC)c1CNC(=NC)NCCCOc1ccc(OC)cc1. The first-order valence-corrected chi connectivity index (χ1v) is 9.39. The summed E-state index contributed by atoms with van der Waals surface area (Å²) in [6, 6.07) is 7.59. The molecule has 0 fully saturated rings.